The molecule has 2 N–H and O–H groups in total. The summed E-state index contributed by atoms with van der Waals surface area (Å²) in [7, 11) is 1.35. The average molecular weight is 434 g/mol. The number of ether oxygens (including phenoxy) is 1. The van der Waals surface area contributed by atoms with E-state index in [2.05, 4.69) is 22.5 Å². The van der Waals surface area contributed by atoms with Gasteiger partial charge >= 0.3 is 5.97 Å². The highest BCUT2D eigenvalue weighted by atomic mass is 32.1. The molecule has 0 aromatic carbocycles. The smallest absolute Gasteiger partial charge is 0.331 e. The summed E-state index contributed by atoms with van der Waals surface area (Å²) < 4.78 is 10.1. The Balaban J connectivity index is 1.61. The molecule has 2 aromatic heterocycles. The molecule has 30 heavy (non-hydrogen) atoms. The van der Waals surface area contributed by atoms with E-state index >= 15 is 0 Å². The molecule has 162 valence electrons. The standard InChI is InChI=1S/C21H27N3O5S/c1-4-14-5-8-21(9-6-14,19(27)28-3)24-17(25)11-15-12-30-20(22-15)23-18(26)16-7-10-29-13(16)2/h7,10,12,14H,4-6,8-9,11H2,1-3H3,(H,24,25)(H,22,23,26). The zero-order chi connectivity index (χ0) is 21.7. The number of carbonyl (C=O) groups excluding carboxylic acids is 3. The van der Waals surface area contributed by atoms with Crippen molar-refractivity contribution in [2.75, 3.05) is 12.4 Å². The molecule has 2 aromatic rings. The molecule has 0 spiro atoms. The van der Waals surface area contributed by atoms with Crippen LogP contribution in [0.3, 0.4) is 0 Å². The van der Waals surface area contributed by atoms with Crippen LogP contribution in [0.1, 0.15) is 60.8 Å². The van der Waals surface area contributed by atoms with E-state index in [0.717, 1.165) is 19.3 Å². The number of aryl methyl sites for hydroxylation is 1. The predicted molar refractivity (Wildman–Crippen MR) is 112 cm³/mol. The number of anilines is 1. The van der Waals surface area contributed by atoms with Gasteiger partial charge < -0.3 is 14.5 Å². The molecular formula is C21H27N3O5S. The van der Waals surface area contributed by atoms with Gasteiger partial charge in [0.1, 0.15) is 11.3 Å². The van der Waals surface area contributed by atoms with Crippen LogP contribution in [0.5, 0.6) is 0 Å². The van der Waals surface area contributed by atoms with Crippen molar-refractivity contribution in [1.29, 1.82) is 0 Å². The van der Waals surface area contributed by atoms with E-state index in [0.29, 0.717) is 40.9 Å². The Bertz CT molecular complexity index is 911. The van der Waals surface area contributed by atoms with Crippen molar-refractivity contribution in [1.82, 2.24) is 10.3 Å². The number of esters is 1. The lowest BCUT2D eigenvalue weighted by atomic mass is 9.75. The first-order valence-corrected chi connectivity index (χ1v) is 10.9. The van der Waals surface area contributed by atoms with Gasteiger partial charge in [-0.2, -0.15) is 0 Å². The maximum Gasteiger partial charge on any atom is 0.331 e. The summed E-state index contributed by atoms with van der Waals surface area (Å²) in [6.07, 6.45) is 5.45. The molecule has 2 amide bonds. The molecule has 0 radical (unpaired) electrons. The Hall–Kier alpha value is -2.68. The third kappa shape index (κ3) is 4.89. The minimum Gasteiger partial charge on any atom is -0.469 e. The van der Waals surface area contributed by atoms with E-state index < -0.39 is 11.5 Å². The number of hydrogen-bond donors (Lipinski definition) is 2. The Morgan fingerprint density at radius 2 is 2.07 bits per heavy atom. The van der Waals surface area contributed by atoms with Crippen LogP contribution in [-0.4, -0.2) is 35.4 Å². The van der Waals surface area contributed by atoms with E-state index in [1.54, 1.807) is 18.4 Å². The van der Waals surface area contributed by atoms with Crippen LogP contribution < -0.4 is 10.6 Å². The molecule has 1 aliphatic rings. The second-order valence-electron chi connectivity index (χ2n) is 7.64. The molecule has 2 heterocycles. The monoisotopic (exact) mass is 433 g/mol. The van der Waals surface area contributed by atoms with Gasteiger partial charge in [0.25, 0.3) is 5.91 Å². The summed E-state index contributed by atoms with van der Waals surface area (Å²) >= 11 is 1.24. The van der Waals surface area contributed by atoms with Crippen LogP contribution in [0.15, 0.2) is 22.1 Å². The summed E-state index contributed by atoms with van der Waals surface area (Å²) in [5, 5.41) is 7.73. The number of methoxy groups -OCH3 is 1. The lowest BCUT2D eigenvalue weighted by molar-refractivity contribution is -0.153. The number of carbonyl (C=O) groups is 3. The highest BCUT2D eigenvalue weighted by molar-refractivity contribution is 7.14. The summed E-state index contributed by atoms with van der Waals surface area (Å²) in [5.74, 6) is 0.0954. The van der Waals surface area contributed by atoms with Crippen molar-refractivity contribution >= 4 is 34.3 Å². The van der Waals surface area contributed by atoms with Crippen molar-refractivity contribution in [3.63, 3.8) is 0 Å². The Morgan fingerprint density at radius 1 is 1.33 bits per heavy atom. The topological polar surface area (TPSA) is 111 Å². The molecule has 0 unspecified atom stereocenters. The van der Waals surface area contributed by atoms with E-state index in [1.807, 2.05) is 0 Å². The van der Waals surface area contributed by atoms with E-state index in [1.165, 1.54) is 24.7 Å². The summed E-state index contributed by atoms with van der Waals surface area (Å²) in [6, 6.07) is 1.59. The highest BCUT2D eigenvalue weighted by Crippen LogP contribution is 2.34. The first-order valence-electron chi connectivity index (χ1n) is 10.1. The number of nitrogens with zero attached hydrogens (tertiary/aromatic N) is 1. The van der Waals surface area contributed by atoms with Crippen molar-refractivity contribution in [3.8, 4) is 0 Å². The normalized spacial score (nSPS) is 21.1. The molecule has 0 atom stereocenters. The maximum atomic E-state index is 12.7. The zero-order valence-corrected chi connectivity index (χ0v) is 18.3. The highest BCUT2D eigenvalue weighted by Gasteiger charge is 2.43. The van der Waals surface area contributed by atoms with Gasteiger partial charge in [0.15, 0.2) is 5.13 Å². The molecule has 1 fully saturated rings. The van der Waals surface area contributed by atoms with Crippen LogP contribution in [-0.2, 0) is 20.7 Å². The molecule has 0 bridgehead atoms. The van der Waals surface area contributed by atoms with E-state index in [4.69, 9.17) is 9.15 Å². The van der Waals surface area contributed by atoms with Gasteiger partial charge in [0, 0.05) is 5.38 Å². The summed E-state index contributed by atoms with van der Waals surface area (Å²) in [6.45, 7) is 3.85. The van der Waals surface area contributed by atoms with E-state index in [-0.39, 0.29) is 18.2 Å². The lowest BCUT2D eigenvalue weighted by Crippen LogP contribution is -2.57. The van der Waals surface area contributed by atoms with Gasteiger partial charge in [-0.1, -0.05) is 13.3 Å². The second kappa shape index (κ2) is 9.42. The first kappa shape index (κ1) is 22.0. The molecule has 1 aliphatic carbocycles. The Kier molecular flexibility index (Phi) is 6.91. The average Bonchev–Trinajstić information content (AvgIpc) is 3.36. The van der Waals surface area contributed by atoms with Crippen molar-refractivity contribution in [2.24, 2.45) is 5.92 Å². The van der Waals surface area contributed by atoms with Gasteiger partial charge in [-0.15, -0.1) is 11.3 Å². The number of nitrogens with one attached hydrogen (secondary N) is 2. The van der Waals surface area contributed by atoms with Crippen molar-refractivity contribution < 1.29 is 23.5 Å². The Morgan fingerprint density at radius 3 is 2.67 bits per heavy atom. The summed E-state index contributed by atoms with van der Waals surface area (Å²) in [4.78, 5) is 41.7. The third-order valence-electron chi connectivity index (χ3n) is 5.71. The van der Waals surface area contributed by atoms with Gasteiger partial charge in [-0.3, -0.25) is 14.9 Å². The van der Waals surface area contributed by atoms with Gasteiger partial charge in [-0.05, 0) is 44.6 Å². The predicted octanol–water partition coefficient (Wildman–Crippen LogP) is 3.47. The second-order valence-corrected chi connectivity index (χ2v) is 8.50. The molecular weight excluding hydrogens is 406 g/mol. The van der Waals surface area contributed by atoms with Crippen LogP contribution in [0.25, 0.3) is 0 Å². The zero-order valence-electron chi connectivity index (χ0n) is 17.4. The van der Waals surface area contributed by atoms with Crippen molar-refractivity contribution in [3.05, 3.63) is 34.7 Å². The van der Waals surface area contributed by atoms with Crippen LogP contribution in [0, 0.1) is 12.8 Å². The SMILES string of the molecule is CCC1CCC(NC(=O)Cc2csc(NC(=O)c3ccoc3C)n2)(C(=O)OC)CC1. The number of hydrogen-bond acceptors (Lipinski definition) is 7. The van der Waals surface area contributed by atoms with E-state index in [9.17, 15) is 14.4 Å². The number of furan rings is 1. The summed E-state index contributed by atoms with van der Waals surface area (Å²) in [5.41, 5.74) is -0.00482. The number of rotatable bonds is 7. The van der Waals surface area contributed by atoms with Gasteiger partial charge in [-0.25, -0.2) is 9.78 Å². The Labute approximate surface area is 179 Å². The molecule has 3 rings (SSSR count). The number of thiazole rings is 1. The first-order chi connectivity index (χ1) is 14.4. The quantitative estimate of drug-likeness (QED) is 0.647. The van der Waals surface area contributed by atoms with Gasteiger partial charge in [0.2, 0.25) is 5.91 Å². The number of amides is 2. The molecule has 8 nitrogen and oxygen atoms in total. The lowest BCUT2D eigenvalue weighted by Gasteiger charge is -2.38. The molecule has 9 heteroatoms. The van der Waals surface area contributed by atoms with Crippen LogP contribution >= 0.6 is 11.3 Å². The molecule has 1 saturated carbocycles. The van der Waals surface area contributed by atoms with Crippen molar-refractivity contribution in [2.45, 2.75) is 57.9 Å². The largest absolute Gasteiger partial charge is 0.469 e. The fourth-order valence-electron chi connectivity index (χ4n) is 3.86. The fraction of sp³-hybridized carbons (Fsp3) is 0.524. The van der Waals surface area contributed by atoms with Gasteiger partial charge in [0.05, 0.1) is 31.1 Å². The number of aromatic nitrogens is 1. The minimum atomic E-state index is -0.969. The maximum absolute atomic E-state index is 12.7. The van der Waals surface area contributed by atoms with Crippen LogP contribution in [0.2, 0.25) is 0 Å². The minimum absolute atomic E-state index is 0.0209. The van der Waals surface area contributed by atoms with Crippen LogP contribution in [0.4, 0.5) is 5.13 Å². The molecule has 0 saturated heterocycles. The fourth-order valence-corrected chi connectivity index (χ4v) is 4.57. The molecule has 0 aliphatic heterocycles. The third-order valence-corrected chi connectivity index (χ3v) is 6.51.